The fourth-order valence-electron chi connectivity index (χ4n) is 2.14. The molecule has 3 N–H and O–H groups in total. The van der Waals surface area contributed by atoms with Crippen molar-refractivity contribution in [2.75, 3.05) is 26.7 Å². The third-order valence-corrected chi connectivity index (χ3v) is 3.15. The largest absolute Gasteiger partial charge is 0.375 e. The standard InChI is InChI=1S/C18H30N4O2/c1-6-19-17(21-13-16(23)22-18(2,3)4)20-12-15(24-5)14-10-8-7-9-11-14/h7-11,15H,6,12-13H2,1-5H3,(H,22,23)(H2,19,20,21). The van der Waals surface area contributed by atoms with Crippen LogP contribution in [-0.4, -0.2) is 44.1 Å². The van der Waals surface area contributed by atoms with Crippen LogP contribution in [0.5, 0.6) is 0 Å². The number of carbonyl (C=O) groups excluding carboxylic acids is 1. The molecule has 6 heteroatoms. The average molecular weight is 334 g/mol. The zero-order chi connectivity index (χ0) is 18.0. The number of aliphatic imine (C=N–C) groups is 1. The minimum atomic E-state index is -0.257. The minimum Gasteiger partial charge on any atom is -0.375 e. The van der Waals surface area contributed by atoms with E-state index in [0.717, 1.165) is 12.1 Å². The van der Waals surface area contributed by atoms with Gasteiger partial charge in [0.2, 0.25) is 5.91 Å². The summed E-state index contributed by atoms with van der Waals surface area (Å²) in [4.78, 5) is 16.2. The van der Waals surface area contributed by atoms with Gasteiger partial charge in [-0.05, 0) is 33.3 Å². The predicted octanol–water partition coefficient (Wildman–Crippen LogP) is 1.84. The second-order valence-electron chi connectivity index (χ2n) is 6.51. The molecule has 0 aliphatic rings. The summed E-state index contributed by atoms with van der Waals surface area (Å²) in [5.74, 6) is 0.491. The van der Waals surface area contributed by atoms with Crippen LogP contribution in [-0.2, 0) is 9.53 Å². The molecule has 0 fully saturated rings. The Bertz CT molecular complexity index is 524. The molecule has 1 aromatic carbocycles. The lowest BCUT2D eigenvalue weighted by Gasteiger charge is -2.20. The smallest absolute Gasteiger partial charge is 0.242 e. The van der Waals surface area contributed by atoms with E-state index >= 15 is 0 Å². The minimum absolute atomic E-state index is 0.0790. The summed E-state index contributed by atoms with van der Waals surface area (Å²) >= 11 is 0. The molecule has 134 valence electrons. The molecule has 1 aromatic rings. The van der Waals surface area contributed by atoms with Crippen molar-refractivity contribution in [3.8, 4) is 0 Å². The first-order valence-corrected chi connectivity index (χ1v) is 8.26. The van der Waals surface area contributed by atoms with Crippen molar-refractivity contribution in [3.05, 3.63) is 35.9 Å². The Morgan fingerprint density at radius 2 is 1.88 bits per heavy atom. The predicted molar refractivity (Wildman–Crippen MR) is 98.1 cm³/mol. The first-order valence-electron chi connectivity index (χ1n) is 8.26. The maximum absolute atomic E-state index is 11.9. The SMILES string of the molecule is CCNC(=NCC(=O)NC(C)(C)C)NCC(OC)c1ccccc1. The van der Waals surface area contributed by atoms with Crippen LogP contribution < -0.4 is 16.0 Å². The Labute approximate surface area is 145 Å². The van der Waals surface area contributed by atoms with E-state index in [-0.39, 0.29) is 24.1 Å². The van der Waals surface area contributed by atoms with Gasteiger partial charge in [0.1, 0.15) is 6.54 Å². The van der Waals surface area contributed by atoms with Gasteiger partial charge in [-0.1, -0.05) is 30.3 Å². The molecule has 0 bridgehead atoms. The molecule has 0 saturated heterocycles. The van der Waals surface area contributed by atoms with Gasteiger partial charge in [0.15, 0.2) is 5.96 Å². The summed E-state index contributed by atoms with van der Waals surface area (Å²) in [6.45, 7) is 9.18. The van der Waals surface area contributed by atoms with Crippen molar-refractivity contribution in [1.82, 2.24) is 16.0 Å². The van der Waals surface area contributed by atoms with E-state index < -0.39 is 0 Å². The molecule has 0 spiro atoms. The van der Waals surface area contributed by atoms with E-state index in [9.17, 15) is 4.79 Å². The Hall–Kier alpha value is -2.08. The van der Waals surface area contributed by atoms with Crippen molar-refractivity contribution in [3.63, 3.8) is 0 Å². The molecule has 1 amide bonds. The summed E-state index contributed by atoms with van der Waals surface area (Å²) in [6.07, 6.45) is -0.0848. The molecule has 24 heavy (non-hydrogen) atoms. The lowest BCUT2D eigenvalue weighted by atomic mass is 10.1. The van der Waals surface area contributed by atoms with E-state index in [2.05, 4.69) is 20.9 Å². The number of rotatable bonds is 7. The number of ether oxygens (including phenoxy) is 1. The monoisotopic (exact) mass is 334 g/mol. The Kier molecular flexibility index (Phi) is 8.26. The van der Waals surface area contributed by atoms with Crippen LogP contribution in [0.4, 0.5) is 0 Å². The van der Waals surface area contributed by atoms with Crippen LogP contribution in [0.1, 0.15) is 39.4 Å². The van der Waals surface area contributed by atoms with Gasteiger partial charge in [-0.2, -0.15) is 0 Å². The van der Waals surface area contributed by atoms with Gasteiger partial charge in [-0.3, -0.25) is 4.79 Å². The van der Waals surface area contributed by atoms with Crippen molar-refractivity contribution in [1.29, 1.82) is 0 Å². The van der Waals surface area contributed by atoms with Crippen LogP contribution in [0.15, 0.2) is 35.3 Å². The van der Waals surface area contributed by atoms with Crippen LogP contribution >= 0.6 is 0 Å². The van der Waals surface area contributed by atoms with Gasteiger partial charge < -0.3 is 20.7 Å². The van der Waals surface area contributed by atoms with Gasteiger partial charge in [-0.15, -0.1) is 0 Å². The molecule has 1 atom stereocenters. The number of benzene rings is 1. The van der Waals surface area contributed by atoms with Crippen molar-refractivity contribution >= 4 is 11.9 Å². The average Bonchev–Trinajstić information content (AvgIpc) is 2.52. The summed E-state index contributed by atoms with van der Waals surface area (Å²) in [7, 11) is 1.68. The molecule has 1 rings (SSSR count). The summed E-state index contributed by atoms with van der Waals surface area (Å²) in [6, 6.07) is 9.99. The lowest BCUT2D eigenvalue weighted by Crippen LogP contribution is -2.43. The van der Waals surface area contributed by atoms with E-state index in [1.54, 1.807) is 7.11 Å². The van der Waals surface area contributed by atoms with Crippen LogP contribution in [0.25, 0.3) is 0 Å². The summed E-state index contributed by atoms with van der Waals surface area (Å²) < 4.78 is 5.53. The number of methoxy groups -OCH3 is 1. The van der Waals surface area contributed by atoms with Crippen molar-refractivity contribution in [2.24, 2.45) is 4.99 Å². The summed E-state index contributed by atoms with van der Waals surface area (Å²) in [5, 5.41) is 9.25. The molecule has 0 saturated carbocycles. The zero-order valence-corrected chi connectivity index (χ0v) is 15.3. The van der Waals surface area contributed by atoms with E-state index in [1.165, 1.54) is 0 Å². The normalized spacial score (nSPS) is 13.3. The fraction of sp³-hybridized carbons (Fsp3) is 0.556. The van der Waals surface area contributed by atoms with E-state index in [1.807, 2.05) is 58.0 Å². The van der Waals surface area contributed by atoms with Gasteiger partial charge in [0.05, 0.1) is 6.10 Å². The van der Waals surface area contributed by atoms with Crippen LogP contribution in [0.3, 0.4) is 0 Å². The second-order valence-corrected chi connectivity index (χ2v) is 6.51. The number of hydrogen-bond acceptors (Lipinski definition) is 3. The molecule has 6 nitrogen and oxygen atoms in total. The molecule has 0 aliphatic heterocycles. The Morgan fingerprint density at radius 3 is 2.42 bits per heavy atom. The molecule has 0 heterocycles. The van der Waals surface area contributed by atoms with Crippen molar-refractivity contribution in [2.45, 2.75) is 39.3 Å². The highest BCUT2D eigenvalue weighted by atomic mass is 16.5. The lowest BCUT2D eigenvalue weighted by molar-refractivity contribution is -0.121. The Balaban J connectivity index is 2.61. The molecular formula is C18H30N4O2. The highest BCUT2D eigenvalue weighted by molar-refractivity contribution is 5.85. The quantitative estimate of drug-likeness (QED) is 0.525. The van der Waals surface area contributed by atoms with Gasteiger partial charge in [0.25, 0.3) is 0 Å². The molecule has 1 unspecified atom stereocenters. The first-order chi connectivity index (χ1) is 11.4. The van der Waals surface area contributed by atoms with Gasteiger partial charge >= 0.3 is 0 Å². The highest BCUT2D eigenvalue weighted by Crippen LogP contribution is 2.14. The third kappa shape index (κ3) is 7.97. The number of guanidine groups is 1. The van der Waals surface area contributed by atoms with E-state index in [0.29, 0.717) is 12.5 Å². The Morgan fingerprint density at radius 1 is 1.21 bits per heavy atom. The van der Waals surface area contributed by atoms with E-state index in [4.69, 9.17) is 4.74 Å². The fourth-order valence-corrected chi connectivity index (χ4v) is 2.14. The zero-order valence-electron chi connectivity index (χ0n) is 15.3. The van der Waals surface area contributed by atoms with Crippen LogP contribution in [0, 0.1) is 0 Å². The first kappa shape index (κ1) is 20.0. The molecule has 0 radical (unpaired) electrons. The number of carbonyl (C=O) groups is 1. The number of hydrogen-bond donors (Lipinski definition) is 3. The second kappa shape index (κ2) is 9.93. The van der Waals surface area contributed by atoms with Gasteiger partial charge in [0, 0.05) is 25.7 Å². The molecule has 0 aromatic heterocycles. The maximum Gasteiger partial charge on any atom is 0.242 e. The number of nitrogens with zero attached hydrogens (tertiary/aromatic N) is 1. The molecular weight excluding hydrogens is 304 g/mol. The van der Waals surface area contributed by atoms with Crippen LogP contribution in [0.2, 0.25) is 0 Å². The number of nitrogens with one attached hydrogen (secondary N) is 3. The topological polar surface area (TPSA) is 74.8 Å². The van der Waals surface area contributed by atoms with Crippen molar-refractivity contribution < 1.29 is 9.53 Å². The number of amides is 1. The molecule has 0 aliphatic carbocycles. The van der Waals surface area contributed by atoms with Gasteiger partial charge in [-0.25, -0.2) is 4.99 Å². The summed E-state index contributed by atoms with van der Waals surface area (Å²) in [5.41, 5.74) is 0.834. The highest BCUT2D eigenvalue weighted by Gasteiger charge is 2.14. The maximum atomic E-state index is 11.9. The third-order valence-electron chi connectivity index (χ3n) is 3.15.